The van der Waals surface area contributed by atoms with Gasteiger partial charge in [0.05, 0.1) is 16.2 Å². The van der Waals surface area contributed by atoms with Crippen LogP contribution in [0.1, 0.15) is 20.7 Å². The molecule has 0 aliphatic heterocycles. The number of primary amides is 1. The van der Waals surface area contributed by atoms with Crippen molar-refractivity contribution in [2.24, 2.45) is 5.73 Å². The highest BCUT2D eigenvalue weighted by Crippen LogP contribution is 2.32. The van der Waals surface area contributed by atoms with Gasteiger partial charge in [0.15, 0.2) is 9.84 Å². The van der Waals surface area contributed by atoms with Crippen molar-refractivity contribution in [3.63, 3.8) is 0 Å². The maximum Gasteiger partial charge on any atom is 0.256 e. The first-order valence-corrected chi connectivity index (χ1v) is 12.3. The number of pyridine rings is 1. The van der Waals surface area contributed by atoms with Crippen molar-refractivity contribution < 1.29 is 22.4 Å². The monoisotopic (exact) mass is 489 g/mol. The molecule has 0 saturated carbocycles. The Morgan fingerprint density at radius 2 is 1.69 bits per heavy atom. The largest absolute Gasteiger partial charge is 0.365 e. The minimum atomic E-state index is -3.66. The minimum Gasteiger partial charge on any atom is -0.365 e. The third-order valence-electron chi connectivity index (χ3n) is 5.30. The van der Waals surface area contributed by atoms with Crippen LogP contribution in [-0.2, 0) is 9.84 Å². The summed E-state index contributed by atoms with van der Waals surface area (Å²) in [5.41, 5.74) is 7.01. The second-order valence-electron chi connectivity index (χ2n) is 7.76. The van der Waals surface area contributed by atoms with E-state index in [-0.39, 0.29) is 21.6 Å². The van der Waals surface area contributed by atoms with Crippen LogP contribution in [-0.4, -0.2) is 31.5 Å². The van der Waals surface area contributed by atoms with E-state index in [9.17, 15) is 22.4 Å². The first-order chi connectivity index (χ1) is 16.6. The minimum absolute atomic E-state index is 0.00962. The average molecular weight is 490 g/mol. The molecule has 2 amide bonds. The Bertz CT molecular complexity index is 1550. The molecular formula is C26H20FN3O4S. The number of aromatic nitrogens is 1. The number of carbonyl (C=O) groups excluding carboxylic acids is 2. The van der Waals surface area contributed by atoms with Crippen molar-refractivity contribution in [1.82, 2.24) is 4.98 Å². The van der Waals surface area contributed by atoms with Crippen molar-refractivity contribution in [3.05, 3.63) is 102 Å². The van der Waals surface area contributed by atoms with Gasteiger partial charge in [-0.1, -0.05) is 30.3 Å². The summed E-state index contributed by atoms with van der Waals surface area (Å²) in [5, 5.41) is 2.77. The van der Waals surface area contributed by atoms with Gasteiger partial charge in [-0.05, 0) is 59.7 Å². The maximum absolute atomic E-state index is 14.5. The Morgan fingerprint density at radius 1 is 0.914 bits per heavy atom. The summed E-state index contributed by atoms with van der Waals surface area (Å²) in [5.74, 6) is -2.51. The molecule has 176 valence electrons. The van der Waals surface area contributed by atoms with Crippen LogP contribution in [0, 0.1) is 5.82 Å². The molecule has 1 aromatic heterocycles. The third-order valence-corrected chi connectivity index (χ3v) is 6.41. The van der Waals surface area contributed by atoms with Gasteiger partial charge in [0.1, 0.15) is 5.82 Å². The van der Waals surface area contributed by atoms with E-state index in [0.717, 1.165) is 17.9 Å². The summed E-state index contributed by atoms with van der Waals surface area (Å²) in [6, 6.07) is 20.1. The van der Waals surface area contributed by atoms with Gasteiger partial charge in [-0.3, -0.25) is 14.6 Å². The zero-order chi connectivity index (χ0) is 25.2. The third kappa shape index (κ3) is 5.10. The van der Waals surface area contributed by atoms with Crippen LogP contribution in [0.15, 0.2) is 90.0 Å². The zero-order valence-corrected chi connectivity index (χ0v) is 19.3. The quantitative estimate of drug-likeness (QED) is 0.418. The van der Waals surface area contributed by atoms with Gasteiger partial charge in [0.2, 0.25) is 0 Å². The summed E-state index contributed by atoms with van der Waals surface area (Å²) >= 11 is 0. The first kappa shape index (κ1) is 23.8. The predicted molar refractivity (Wildman–Crippen MR) is 131 cm³/mol. The SMILES string of the molecule is CS(=O)(=O)c1ccc(C(=O)Nc2cccc(-c3ccccn3)c2)c(-c2cccc(F)c2C(N)=O)c1. The fourth-order valence-corrected chi connectivity index (χ4v) is 4.31. The van der Waals surface area contributed by atoms with Crippen LogP contribution in [0.25, 0.3) is 22.4 Å². The molecule has 0 bridgehead atoms. The normalized spacial score (nSPS) is 11.1. The highest BCUT2D eigenvalue weighted by Gasteiger charge is 2.22. The maximum atomic E-state index is 14.5. The van der Waals surface area contributed by atoms with E-state index in [2.05, 4.69) is 10.3 Å². The Balaban J connectivity index is 1.81. The Labute approximate surface area is 201 Å². The van der Waals surface area contributed by atoms with Gasteiger partial charge in [0.25, 0.3) is 11.8 Å². The molecular weight excluding hydrogens is 469 g/mol. The van der Waals surface area contributed by atoms with Crippen LogP contribution in [0.5, 0.6) is 0 Å². The molecule has 7 nitrogen and oxygen atoms in total. The first-order valence-electron chi connectivity index (χ1n) is 10.4. The van der Waals surface area contributed by atoms with Gasteiger partial charge in [-0.15, -0.1) is 0 Å². The molecule has 1 heterocycles. The van der Waals surface area contributed by atoms with E-state index in [0.29, 0.717) is 11.4 Å². The highest BCUT2D eigenvalue weighted by atomic mass is 32.2. The van der Waals surface area contributed by atoms with E-state index in [1.54, 1.807) is 30.5 Å². The molecule has 0 spiro atoms. The average Bonchev–Trinajstić information content (AvgIpc) is 2.83. The van der Waals surface area contributed by atoms with E-state index >= 15 is 0 Å². The van der Waals surface area contributed by atoms with Crippen LogP contribution in [0.3, 0.4) is 0 Å². The van der Waals surface area contributed by atoms with Gasteiger partial charge < -0.3 is 11.1 Å². The number of hydrogen-bond donors (Lipinski definition) is 2. The molecule has 0 radical (unpaired) electrons. The number of benzene rings is 3. The molecule has 35 heavy (non-hydrogen) atoms. The van der Waals surface area contributed by atoms with Gasteiger partial charge in [-0.2, -0.15) is 0 Å². The lowest BCUT2D eigenvalue weighted by Crippen LogP contribution is -2.17. The molecule has 0 fully saturated rings. The van der Waals surface area contributed by atoms with Crippen molar-refractivity contribution in [3.8, 4) is 22.4 Å². The summed E-state index contributed by atoms with van der Waals surface area (Å²) in [6.07, 6.45) is 2.67. The molecule has 4 aromatic rings. The topological polar surface area (TPSA) is 119 Å². The van der Waals surface area contributed by atoms with E-state index in [1.807, 2.05) is 18.2 Å². The number of anilines is 1. The number of hydrogen-bond acceptors (Lipinski definition) is 5. The lowest BCUT2D eigenvalue weighted by molar-refractivity contribution is 0.0993. The molecule has 9 heteroatoms. The molecule has 0 aliphatic rings. The number of sulfone groups is 1. The molecule has 0 aliphatic carbocycles. The fraction of sp³-hybridized carbons (Fsp3) is 0.0385. The second-order valence-corrected chi connectivity index (χ2v) is 9.77. The van der Waals surface area contributed by atoms with E-state index < -0.39 is 33.0 Å². The van der Waals surface area contributed by atoms with Crippen molar-refractivity contribution in [2.75, 3.05) is 11.6 Å². The van der Waals surface area contributed by atoms with Crippen LogP contribution < -0.4 is 11.1 Å². The predicted octanol–water partition coefficient (Wildman–Crippen LogP) is 4.31. The number of nitrogens with one attached hydrogen (secondary N) is 1. The number of nitrogens with zero attached hydrogens (tertiary/aromatic N) is 1. The Hall–Kier alpha value is -4.37. The molecule has 0 atom stereocenters. The lowest BCUT2D eigenvalue weighted by Gasteiger charge is -2.15. The number of nitrogens with two attached hydrogens (primary N) is 1. The molecule has 0 saturated heterocycles. The van der Waals surface area contributed by atoms with Gasteiger partial charge in [-0.25, -0.2) is 12.8 Å². The van der Waals surface area contributed by atoms with Crippen molar-refractivity contribution in [2.45, 2.75) is 4.90 Å². The number of carbonyl (C=O) groups is 2. The molecule has 4 rings (SSSR count). The summed E-state index contributed by atoms with van der Waals surface area (Å²) < 4.78 is 38.8. The molecule has 3 aromatic carbocycles. The van der Waals surface area contributed by atoms with Crippen molar-refractivity contribution in [1.29, 1.82) is 0 Å². The zero-order valence-electron chi connectivity index (χ0n) is 18.5. The smallest absolute Gasteiger partial charge is 0.256 e. The lowest BCUT2D eigenvalue weighted by atomic mass is 9.94. The fourth-order valence-electron chi connectivity index (χ4n) is 3.66. The summed E-state index contributed by atoms with van der Waals surface area (Å²) in [4.78, 5) is 29.5. The highest BCUT2D eigenvalue weighted by molar-refractivity contribution is 7.90. The van der Waals surface area contributed by atoms with Crippen LogP contribution in [0.4, 0.5) is 10.1 Å². The van der Waals surface area contributed by atoms with Crippen LogP contribution >= 0.6 is 0 Å². The van der Waals surface area contributed by atoms with Crippen molar-refractivity contribution >= 4 is 27.3 Å². The Morgan fingerprint density at radius 3 is 2.37 bits per heavy atom. The molecule has 0 unspecified atom stereocenters. The van der Waals surface area contributed by atoms with Gasteiger partial charge >= 0.3 is 0 Å². The number of amides is 2. The van der Waals surface area contributed by atoms with E-state index in [1.165, 1.54) is 30.3 Å². The number of rotatable bonds is 6. The summed E-state index contributed by atoms with van der Waals surface area (Å²) in [7, 11) is -3.66. The van der Waals surface area contributed by atoms with Crippen LogP contribution in [0.2, 0.25) is 0 Å². The number of halogens is 1. The van der Waals surface area contributed by atoms with Gasteiger partial charge in [0, 0.05) is 29.3 Å². The Kier molecular flexibility index (Phi) is 6.44. The summed E-state index contributed by atoms with van der Waals surface area (Å²) in [6.45, 7) is 0. The standard InChI is InChI=1S/C26H20FN3O4S/c1-35(33,34)18-11-12-20(21(15-18)19-8-5-9-22(27)24(19)25(28)31)26(32)30-17-7-4-6-16(14-17)23-10-2-3-13-29-23/h2-15H,1H3,(H2,28,31)(H,30,32). The molecule has 3 N–H and O–H groups in total. The second kappa shape index (κ2) is 9.47. The van der Waals surface area contributed by atoms with E-state index in [4.69, 9.17) is 5.73 Å².